The number of carbonyl (C=O) groups excluding carboxylic acids is 2. The van der Waals surface area contributed by atoms with Gasteiger partial charge in [0.25, 0.3) is 11.8 Å². The second-order valence-electron chi connectivity index (χ2n) is 5.36. The van der Waals surface area contributed by atoms with Gasteiger partial charge in [0, 0.05) is 11.9 Å². The largest absolute Gasteiger partial charge is 0.459 e. The van der Waals surface area contributed by atoms with E-state index in [1.807, 2.05) is 0 Å². The molecule has 130 valence electrons. The van der Waals surface area contributed by atoms with Crippen molar-refractivity contribution < 1.29 is 14.0 Å². The molecule has 0 saturated carbocycles. The Kier molecular flexibility index (Phi) is 5.19. The van der Waals surface area contributed by atoms with Crippen LogP contribution in [0.4, 0.5) is 5.69 Å². The van der Waals surface area contributed by atoms with Crippen molar-refractivity contribution in [1.29, 1.82) is 0 Å². The molecule has 3 rings (SSSR count). The van der Waals surface area contributed by atoms with Crippen LogP contribution in [0.25, 0.3) is 0 Å². The minimum Gasteiger partial charge on any atom is -0.459 e. The lowest BCUT2D eigenvalue weighted by molar-refractivity contribution is 0.0948. The van der Waals surface area contributed by atoms with Gasteiger partial charge in [0.05, 0.1) is 12.0 Å². The Hall–Kier alpha value is -3.74. The van der Waals surface area contributed by atoms with Crippen molar-refractivity contribution in [3.8, 4) is 0 Å². The summed E-state index contributed by atoms with van der Waals surface area (Å²) in [4.78, 5) is 27.8. The summed E-state index contributed by atoms with van der Waals surface area (Å²) in [7, 11) is 0. The zero-order valence-corrected chi connectivity index (χ0v) is 14.0. The van der Waals surface area contributed by atoms with Crippen molar-refractivity contribution in [2.75, 3.05) is 5.32 Å². The minimum absolute atomic E-state index is 0.240. The molecule has 7 nitrogen and oxygen atoms in total. The van der Waals surface area contributed by atoms with Gasteiger partial charge in [-0.25, -0.2) is 5.43 Å². The highest BCUT2D eigenvalue weighted by Crippen LogP contribution is 2.12. The molecule has 0 atom stereocenters. The fourth-order valence-electron chi connectivity index (χ4n) is 2.15. The maximum absolute atomic E-state index is 11.9. The molecule has 0 bridgehead atoms. The number of nitrogens with zero attached hydrogens (tertiary/aromatic N) is 2. The second kappa shape index (κ2) is 7.89. The number of hydrogen-bond acceptors (Lipinski definition) is 5. The SMILES string of the molecule is CC(=NNC(=O)c1ccccn1)c1ccc(NC(=O)c2ccco2)cc1. The van der Waals surface area contributed by atoms with E-state index >= 15 is 0 Å². The molecule has 3 aromatic rings. The van der Waals surface area contributed by atoms with Gasteiger partial charge in [-0.2, -0.15) is 5.10 Å². The summed E-state index contributed by atoms with van der Waals surface area (Å²) in [5.74, 6) is -0.466. The highest BCUT2D eigenvalue weighted by molar-refractivity contribution is 6.03. The maximum atomic E-state index is 11.9. The van der Waals surface area contributed by atoms with Gasteiger partial charge >= 0.3 is 0 Å². The molecule has 2 amide bonds. The van der Waals surface area contributed by atoms with Crippen LogP contribution in [-0.4, -0.2) is 22.5 Å². The Labute approximate surface area is 149 Å². The van der Waals surface area contributed by atoms with E-state index in [9.17, 15) is 9.59 Å². The van der Waals surface area contributed by atoms with Gasteiger partial charge in [-0.3, -0.25) is 14.6 Å². The molecule has 7 heteroatoms. The summed E-state index contributed by atoms with van der Waals surface area (Å²) in [5.41, 5.74) is 4.82. The third kappa shape index (κ3) is 4.21. The Morgan fingerprint density at radius 2 is 1.81 bits per heavy atom. The third-order valence-electron chi connectivity index (χ3n) is 3.53. The predicted octanol–water partition coefficient (Wildman–Crippen LogP) is 3.08. The van der Waals surface area contributed by atoms with Crippen molar-refractivity contribution in [3.63, 3.8) is 0 Å². The fourth-order valence-corrected chi connectivity index (χ4v) is 2.15. The van der Waals surface area contributed by atoms with Gasteiger partial charge in [-0.15, -0.1) is 0 Å². The van der Waals surface area contributed by atoms with Gasteiger partial charge in [0.15, 0.2) is 5.76 Å². The summed E-state index contributed by atoms with van der Waals surface area (Å²) < 4.78 is 5.04. The number of anilines is 1. The van der Waals surface area contributed by atoms with E-state index < -0.39 is 0 Å². The van der Waals surface area contributed by atoms with Crippen molar-refractivity contribution >= 4 is 23.2 Å². The van der Waals surface area contributed by atoms with Crippen LogP contribution in [0.15, 0.2) is 76.6 Å². The lowest BCUT2D eigenvalue weighted by Crippen LogP contribution is -2.20. The topological polar surface area (TPSA) is 96.6 Å². The Morgan fingerprint density at radius 1 is 1.00 bits per heavy atom. The Bertz CT molecular complexity index is 917. The van der Waals surface area contributed by atoms with Gasteiger partial charge in [0.2, 0.25) is 0 Å². The number of carbonyl (C=O) groups is 2. The van der Waals surface area contributed by atoms with Crippen LogP contribution >= 0.6 is 0 Å². The zero-order chi connectivity index (χ0) is 18.4. The monoisotopic (exact) mass is 348 g/mol. The van der Waals surface area contributed by atoms with Crippen LogP contribution in [0.5, 0.6) is 0 Å². The maximum Gasteiger partial charge on any atom is 0.291 e. The predicted molar refractivity (Wildman–Crippen MR) is 97.0 cm³/mol. The highest BCUT2D eigenvalue weighted by Gasteiger charge is 2.09. The van der Waals surface area contributed by atoms with E-state index in [0.717, 1.165) is 5.56 Å². The number of benzene rings is 1. The molecule has 0 aliphatic carbocycles. The molecule has 0 fully saturated rings. The molecule has 0 aliphatic rings. The summed E-state index contributed by atoms with van der Waals surface area (Å²) in [6.45, 7) is 1.77. The van der Waals surface area contributed by atoms with Gasteiger partial charge in [0.1, 0.15) is 5.69 Å². The molecule has 2 heterocycles. The number of nitrogens with one attached hydrogen (secondary N) is 2. The molecule has 26 heavy (non-hydrogen) atoms. The smallest absolute Gasteiger partial charge is 0.291 e. The van der Waals surface area contributed by atoms with Crippen molar-refractivity contribution in [3.05, 3.63) is 84.1 Å². The standard InChI is InChI=1S/C19H16N4O3/c1-13(22-23-18(24)16-5-2-3-11-20-16)14-7-9-15(10-8-14)21-19(25)17-6-4-12-26-17/h2-12H,1H3,(H,21,25)(H,23,24). The normalized spacial score (nSPS) is 11.0. The molecule has 2 aromatic heterocycles. The van der Waals surface area contributed by atoms with E-state index in [4.69, 9.17) is 4.42 Å². The molecular formula is C19H16N4O3. The third-order valence-corrected chi connectivity index (χ3v) is 3.53. The molecular weight excluding hydrogens is 332 g/mol. The molecule has 2 N–H and O–H groups in total. The van der Waals surface area contributed by atoms with Crippen molar-refractivity contribution in [2.45, 2.75) is 6.92 Å². The lowest BCUT2D eigenvalue weighted by atomic mass is 10.1. The van der Waals surface area contributed by atoms with E-state index in [0.29, 0.717) is 17.1 Å². The molecule has 0 radical (unpaired) electrons. The number of hydrazone groups is 1. The van der Waals surface area contributed by atoms with E-state index in [1.165, 1.54) is 6.26 Å². The van der Waals surface area contributed by atoms with E-state index in [-0.39, 0.29) is 17.6 Å². The van der Waals surface area contributed by atoms with Crippen LogP contribution < -0.4 is 10.7 Å². The highest BCUT2D eigenvalue weighted by atomic mass is 16.3. The summed E-state index contributed by atoms with van der Waals surface area (Å²) in [6, 6.07) is 15.4. The molecule has 0 spiro atoms. The van der Waals surface area contributed by atoms with Gasteiger partial charge < -0.3 is 9.73 Å². The van der Waals surface area contributed by atoms with Crippen LogP contribution in [0, 0.1) is 0 Å². The van der Waals surface area contributed by atoms with Gasteiger partial charge in [-0.05, 0) is 48.9 Å². The van der Waals surface area contributed by atoms with E-state index in [2.05, 4.69) is 20.8 Å². The molecule has 0 saturated heterocycles. The molecule has 0 unspecified atom stereocenters. The number of pyridine rings is 1. The summed E-state index contributed by atoms with van der Waals surface area (Å²) >= 11 is 0. The minimum atomic E-state index is -0.382. The summed E-state index contributed by atoms with van der Waals surface area (Å²) in [5, 5.41) is 6.81. The van der Waals surface area contributed by atoms with Crippen LogP contribution in [0.2, 0.25) is 0 Å². The van der Waals surface area contributed by atoms with Crippen LogP contribution in [0.1, 0.15) is 33.5 Å². The first-order valence-corrected chi connectivity index (χ1v) is 7.84. The number of hydrogen-bond donors (Lipinski definition) is 2. The number of rotatable bonds is 5. The van der Waals surface area contributed by atoms with Crippen LogP contribution in [-0.2, 0) is 0 Å². The Morgan fingerprint density at radius 3 is 2.46 bits per heavy atom. The zero-order valence-electron chi connectivity index (χ0n) is 14.0. The fraction of sp³-hybridized carbons (Fsp3) is 0.0526. The van der Waals surface area contributed by atoms with Gasteiger partial charge in [-0.1, -0.05) is 18.2 Å². The second-order valence-corrected chi connectivity index (χ2v) is 5.36. The first-order chi connectivity index (χ1) is 12.6. The quantitative estimate of drug-likeness (QED) is 0.547. The number of amides is 2. The Balaban J connectivity index is 1.62. The van der Waals surface area contributed by atoms with E-state index in [1.54, 1.807) is 67.7 Å². The van der Waals surface area contributed by atoms with Crippen LogP contribution in [0.3, 0.4) is 0 Å². The summed E-state index contributed by atoms with van der Waals surface area (Å²) in [6.07, 6.45) is 2.98. The van der Waals surface area contributed by atoms with Crippen molar-refractivity contribution in [2.24, 2.45) is 5.10 Å². The molecule has 0 aliphatic heterocycles. The average Bonchev–Trinajstić information content (AvgIpc) is 3.22. The first kappa shape index (κ1) is 17.1. The lowest BCUT2D eigenvalue weighted by Gasteiger charge is -2.06. The number of furan rings is 1. The number of aromatic nitrogens is 1. The average molecular weight is 348 g/mol. The molecule has 1 aromatic carbocycles. The first-order valence-electron chi connectivity index (χ1n) is 7.84. The van der Waals surface area contributed by atoms with Crippen molar-refractivity contribution in [1.82, 2.24) is 10.4 Å².